The first-order valence-corrected chi connectivity index (χ1v) is 3.31. The van der Waals surface area contributed by atoms with E-state index in [-0.39, 0.29) is 5.92 Å². The number of hydrogen-bond acceptors (Lipinski definition) is 3. The molecule has 2 rings (SSSR count). The lowest BCUT2D eigenvalue weighted by Gasteiger charge is -2.04. The van der Waals surface area contributed by atoms with Crippen LogP contribution in [-0.2, 0) is 0 Å². The lowest BCUT2D eigenvalue weighted by molar-refractivity contribution is 1.25. The molecule has 0 fully saturated rings. The van der Waals surface area contributed by atoms with Gasteiger partial charge in [-0.2, -0.15) is 15.5 Å². The average molecular weight is 143 g/mol. The van der Waals surface area contributed by atoms with Gasteiger partial charge in [-0.3, -0.25) is 0 Å². The van der Waals surface area contributed by atoms with Crippen molar-refractivity contribution in [3.63, 3.8) is 0 Å². The summed E-state index contributed by atoms with van der Waals surface area (Å²) in [6.07, 6.45) is 7.24. The summed E-state index contributed by atoms with van der Waals surface area (Å²) >= 11 is 0. The van der Waals surface area contributed by atoms with Crippen LogP contribution in [0.2, 0.25) is 0 Å². The van der Waals surface area contributed by atoms with Gasteiger partial charge in [0.25, 0.3) is 0 Å². The third-order valence-electron chi connectivity index (χ3n) is 1.66. The van der Waals surface area contributed by atoms with Crippen LogP contribution in [0, 0.1) is 17.2 Å². The normalized spacial score (nSPS) is 25.5. The summed E-state index contributed by atoms with van der Waals surface area (Å²) in [7, 11) is 0. The first-order chi connectivity index (χ1) is 5.40. The van der Waals surface area contributed by atoms with Crippen molar-refractivity contribution in [2.24, 2.45) is 16.1 Å². The molecule has 0 radical (unpaired) electrons. The molecule has 1 aliphatic heterocycles. The Bertz CT molecular complexity index is 339. The van der Waals surface area contributed by atoms with E-state index in [0.717, 1.165) is 5.71 Å². The molecule has 0 saturated heterocycles. The second kappa shape index (κ2) is 2.17. The predicted molar refractivity (Wildman–Crippen MR) is 42.3 cm³/mol. The van der Waals surface area contributed by atoms with E-state index in [4.69, 9.17) is 5.26 Å². The minimum Gasteiger partial charge on any atom is -0.192 e. The zero-order valence-corrected chi connectivity index (χ0v) is 5.73. The average Bonchev–Trinajstić information content (AvgIpc) is 2.50. The van der Waals surface area contributed by atoms with Crippen LogP contribution in [0.3, 0.4) is 0 Å². The Balaban J connectivity index is 2.39. The van der Waals surface area contributed by atoms with E-state index in [1.54, 1.807) is 18.4 Å². The summed E-state index contributed by atoms with van der Waals surface area (Å²) in [6.45, 7) is 0. The molecule has 11 heavy (non-hydrogen) atoms. The molecule has 1 atom stereocenters. The molecular weight excluding hydrogens is 138 g/mol. The van der Waals surface area contributed by atoms with Gasteiger partial charge in [-0.1, -0.05) is 6.08 Å². The van der Waals surface area contributed by atoms with Gasteiger partial charge in [0.15, 0.2) is 0 Å². The number of hydrogen-bond donors (Lipinski definition) is 0. The Kier molecular flexibility index (Phi) is 1.19. The molecule has 0 aromatic heterocycles. The highest BCUT2D eigenvalue weighted by Gasteiger charge is 2.16. The van der Waals surface area contributed by atoms with Crippen LogP contribution in [0.15, 0.2) is 34.0 Å². The molecule has 0 spiro atoms. The summed E-state index contributed by atoms with van der Waals surface area (Å²) in [5.41, 5.74) is 1.51. The first-order valence-electron chi connectivity index (χ1n) is 3.31. The van der Waals surface area contributed by atoms with Gasteiger partial charge < -0.3 is 0 Å². The van der Waals surface area contributed by atoms with Gasteiger partial charge in [-0.25, -0.2) is 0 Å². The second-order valence-corrected chi connectivity index (χ2v) is 2.39. The molecule has 0 bridgehead atoms. The second-order valence-electron chi connectivity index (χ2n) is 2.39. The van der Waals surface area contributed by atoms with Gasteiger partial charge in [-0.15, -0.1) is 0 Å². The summed E-state index contributed by atoms with van der Waals surface area (Å²) in [5.74, 6) is 0.201. The maximum atomic E-state index is 8.55. The van der Waals surface area contributed by atoms with Crippen molar-refractivity contribution >= 4 is 11.9 Å². The third-order valence-corrected chi connectivity index (χ3v) is 1.66. The van der Waals surface area contributed by atoms with Gasteiger partial charge in [0, 0.05) is 6.21 Å². The van der Waals surface area contributed by atoms with Crippen LogP contribution in [0.5, 0.6) is 0 Å². The van der Waals surface area contributed by atoms with Crippen LogP contribution in [0.4, 0.5) is 0 Å². The maximum absolute atomic E-state index is 8.55. The van der Waals surface area contributed by atoms with Crippen molar-refractivity contribution in [1.29, 1.82) is 5.26 Å². The van der Waals surface area contributed by atoms with E-state index in [1.807, 2.05) is 6.08 Å². The van der Waals surface area contributed by atoms with Crippen molar-refractivity contribution in [2.75, 3.05) is 0 Å². The molecule has 1 heterocycles. The number of rotatable bonds is 0. The molecule has 0 saturated carbocycles. The summed E-state index contributed by atoms with van der Waals surface area (Å²) in [4.78, 5) is 0. The predicted octanol–water partition coefficient (Wildman–Crippen LogP) is 1.06. The quantitative estimate of drug-likeness (QED) is 0.500. The highest BCUT2D eigenvalue weighted by atomic mass is 15.2. The van der Waals surface area contributed by atoms with E-state index < -0.39 is 0 Å². The van der Waals surface area contributed by atoms with E-state index in [2.05, 4.69) is 16.3 Å². The van der Waals surface area contributed by atoms with Gasteiger partial charge >= 0.3 is 0 Å². The maximum Gasteiger partial charge on any atom is 0.0992 e. The molecule has 0 aromatic rings. The molecule has 0 amide bonds. The van der Waals surface area contributed by atoms with Gasteiger partial charge in [0.2, 0.25) is 0 Å². The van der Waals surface area contributed by atoms with Crippen molar-refractivity contribution in [3.05, 3.63) is 23.8 Å². The first kappa shape index (κ1) is 6.05. The number of allylic oxidation sites excluding steroid dienone is 4. The lowest BCUT2D eigenvalue weighted by atomic mass is 9.97. The van der Waals surface area contributed by atoms with E-state index >= 15 is 0 Å². The monoisotopic (exact) mass is 143 g/mol. The molecule has 3 nitrogen and oxygen atoms in total. The Hall–Kier alpha value is -1.69. The number of nitriles is 1. The fourth-order valence-corrected chi connectivity index (χ4v) is 1.07. The lowest BCUT2D eigenvalue weighted by Crippen LogP contribution is -2.10. The fraction of sp³-hybridized carbons (Fsp3) is 0.125. The number of fused-ring (bicyclic) bond motifs is 1. The zero-order chi connectivity index (χ0) is 7.68. The Labute approximate surface area is 64.1 Å². The van der Waals surface area contributed by atoms with Crippen LogP contribution < -0.4 is 0 Å². The van der Waals surface area contributed by atoms with Crippen LogP contribution in [-0.4, -0.2) is 11.9 Å². The molecule has 2 aliphatic rings. The van der Waals surface area contributed by atoms with Crippen molar-refractivity contribution in [3.8, 4) is 6.07 Å². The van der Waals surface area contributed by atoms with E-state index in [9.17, 15) is 0 Å². The van der Waals surface area contributed by atoms with E-state index in [0.29, 0.717) is 5.57 Å². The van der Waals surface area contributed by atoms with Crippen LogP contribution >= 0.6 is 0 Å². The standard InChI is InChI=1S/C8H5N3/c9-4-6-1-2-7-5-10-11-8(7)3-6/h1-3,5,7H/t7-/m1/s1. The third kappa shape index (κ3) is 0.887. The molecule has 3 heteroatoms. The molecule has 0 N–H and O–H groups in total. The van der Waals surface area contributed by atoms with Crippen molar-refractivity contribution in [2.45, 2.75) is 0 Å². The molecular formula is C8H5N3. The molecule has 52 valence electrons. The summed E-state index contributed by atoms with van der Waals surface area (Å²) < 4.78 is 0. The molecule has 0 unspecified atom stereocenters. The zero-order valence-electron chi connectivity index (χ0n) is 5.73. The van der Waals surface area contributed by atoms with Crippen molar-refractivity contribution < 1.29 is 0 Å². The number of nitrogens with zero attached hydrogens (tertiary/aromatic N) is 3. The van der Waals surface area contributed by atoms with Gasteiger partial charge in [0.05, 0.1) is 23.3 Å². The van der Waals surface area contributed by atoms with Crippen LogP contribution in [0.1, 0.15) is 0 Å². The highest BCUT2D eigenvalue weighted by molar-refractivity contribution is 6.11. The Morgan fingerprint density at radius 3 is 3.27 bits per heavy atom. The largest absolute Gasteiger partial charge is 0.192 e. The minimum atomic E-state index is 0.201. The molecule has 1 aliphatic carbocycles. The highest BCUT2D eigenvalue weighted by Crippen LogP contribution is 2.15. The van der Waals surface area contributed by atoms with Crippen molar-refractivity contribution in [1.82, 2.24) is 0 Å². The summed E-state index contributed by atoms with van der Waals surface area (Å²) in [6, 6.07) is 2.05. The van der Waals surface area contributed by atoms with Gasteiger partial charge in [0.1, 0.15) is 0 Å². The molecule has 0 aromatic carbocycles. The van der Waals surface area contributed by atoms with Gasteiger partial charge in [-0.05, 0) is 12.2 Å². The smallest absolute Gasteiger partial charge is 0.0992 e. The Morgan fingerprint density at radius 1 is 1.55 bits per heavy atom. The Morgan fingerprint density at radius 2 is 2.45 bits per heavy atom. The van der Waals surface area contributed by atoms with Crippen LogP contribution in [0.25, 0.3) is 0 Å². The SMILES string of the molecule is N#CC1=CC2=NN=C[C@H]2C=C1. The topological polar surface area (TPSA) is 48.5 Å². The summed E-state index contributed by atoms with van der Waals surface area (Å²) in [5, 5.41) is 16.2. The fourth-order valence-electron chi connectivity index (χ4n) is 1.07. The minimum absolute atomic E-state index is 0.201. The van der Waals surface area contributed by atoms with E-state index in [1.165, 1.54) is 0 Å².